The number of sulfonamides is 1. The Bertz CT molecular complexity index is 577. The SMILES string of the molecule is CCCCN(C)S(=O)(=O)c1cc(Cl)cc(CNCC)c1Cl. The van der Waals surface area contributed by atoms with Gasteiger partial charge in [0.1, 0.15) is 4.90 Å². The molecule has 0 aliphatic carbocycles. The topological polar surface area (TPSA) is 49.4 Å². The van der Waals surface area contributed by atoms with E-state index in [1.165, 1.54) is 10.4 Å². The molecule has 0 atom stereocenters. The van der Waals surface area contributed by atoms with Crippen molar-refractivity contribution in [3.05, 3.63) is 27.7 Å². The summed E-state index contributed by atoms with van der Waals surface area (Å²) in [6, 6.07) is 3.11. The summed E-state index contributed by atoms with van der Waals surface area (Å²) in [4.78, 5) is 0.0724. The Morgan fingerprint density at radius 2 is 1.90 bits per heavy atom. The maximum atomic E-state index is 12.6. The number of rotatable bonds is 8. The van der Waals surface area contributed by atoms with Crippen LogP contribution in [-0.4, -0.2) is 32.9 Å². The lowest BCUT2D eigenvalue weighted by Gasteiger charge is -2.19. The molecule has 21 heavy (non-hydrogen) atoms. The molecule has 7 heteroatoms. The summed E-state index contributed by atoms with van der Waals surface area (Å²) < 4.78 is 26.5. The Labute approximate surface area is 137 Å². The third kappa shape index (κ3) is 4.83. The normalized spacial score (nSPS) is 12.1. The average molecular weight is 353 g/mol. The summed E-state index contributed by atoms with van der Waals surface area (Å²) in [7, 11) is -2.06. The second kappa shape index (κ2) is 8.34. The maximum absolute atomic E-state index is 12.6. The van der Waals surface area contributed by atoms with E-state index in [2.05, 4.69) is 5.32 Å². The van der Waals surface area contributed by atoms with Crippen LogP contribution in [0.1, 0.15) is 32.3 Å². The van der Waals surface area contributed by atoms with Gasteiger partial charge in [0.25, 0.3) is 0 Å². The van der Waals surface area contributed by atoms with Crippen molar-refractivity contribution in [2.75, 3.05) is 20.1 Å². The van der Waals surface area contributed by atoms with Crippen LogP contribution >= 0.6 is 23.2 Å². The van der Waals surface area contributed by atoms with Crippen LogP contribution in [0.5, 0.6) is 0 Å². The van der Waals surface area contributed by atoms with Crippen molar-refractivity contribution in [1.82, 2.24) is 9.62 Å². The Kier molecular flexibility index (Phi) is 7.44. The molecule has 0 aromatic heterocycles. The van der Waals surface area contributed by atoms with Crippen molar-refractivity contribution in [1.29, 1.82) is 0 Å². The van der Waals surface area contributed by atoms with Gasteiger partial charge < -0.3 is 5.32 Å². The molecule has 1 aromatic rings. The van der Waals surface area contributed by atoms with Crippen LogP contribution in [0.2, 0.25) is 10.0 Å². The quantitative estimate of drug-likeness (QED) is 0.778. The molecule has 4 nitrogen and oxygen atoms in total. The van der Waals surface area contributed by atoms with Crippen LogP contribution in [0.15, 0.2) is 17.0 Å². The summed E-state index contributed by atoms with van der Waals surface area (Å²) in [5, 5.41) is 3.73. The zero-order valence-corrected chi connectivity index (χ0v) is 14.9. The highest BCUT2D eigenvalue weighted by atomic mass is 35.5. The predicted molar refractivity (Wildman–Crippen MR) is 88.6 cm³/mol. The first kappa shape index (κ1) is 18.7. The first-order chi connectivity index (χ1) is 9.84. The van der Waals surface area contributed by atoms with Gasteiger partial charge in [0.15, 0.2) is 0 Å². The zero-order chi connectivity index (χ0) is 16.0. The second-order valence-corrected chi connectivity index (χ2v) is 7.67. The predicted octanol–water partition coefficient (Wildman–Crippen LogP) is 3.52. The zero-order valence-electron chi connectivity index (χ0n) is 12.6. The summed E-state index contributed by atoms with van der Waals surface area (Å²) in [6.45, 7) is 5.69. The molecule has 1 aromatic carbocycles. The summed E-state index contributed by atoms with van der Waals surface area (Å²) in [5.74, 6) is 0. The van der Waals surface area contributed by atoms with Gasteiger partial charge in [-0.25, -0.2) is 12.7 Å². The van der Waals surface area contributed by atoms with E-state index < -0.39 is 10.0 Å². The minimum Gasteiger partial charge on any atom is -0.313 e. The van der Waals surface area contributed by atoms with E-state index in [0.29, 0.717) is 23.7 Å². The second-order valence-electron chi connectivity index (χ2n) is 4.84. The first-order valence-electron chi connectivity index (χ1n) is 6.99. The Morgan fingerprint density at radius 3 is 2.48 bits per heavy atom. The Hall–Kier alpha value is -0.330. The molecule has 1 N–H and O–H groups in total. The molecule has 0 saturated carbocycles. The van der Waals surface area contributed by atoms with Gasteiger partial charge in [0, 0.05) is 25.2 Å². The van der Waals surface area contributed by atoms with Crippen LogP contribution in [0.3, 0.4) is 0 Å². The van der Waals surface area contributed by atoms with Crippen LogP contribution in [0, 0.1) is 0 Å². The molecule has 0 fully saturated rings. The molecule has 0 saturated heterocycles. The Balaban J connectivity index is 3.19. The standard InChI is InChI=1S/C14H22Cl2N2O2S/c1-4-6-7-18(3)21(19,20)13-9-12(15)8-11(14(13)16)10-17-5-2/h8-9,17H,4-7,10H2,1-3H3. The minimum absolute atomic E-state index is 0.0724. The van der Waals surface area contributed by atoms with Gasteiger partial charge in [-0.15, -0.1) is 0 Å². The number of benzene rings is 1. The van der Waals surface area contributed by atoms with Gasteiger partial charge in [-0.3, -0.25) is 0 Å². The fourth-order valence-electron chi connectivity index (χ4n) is 1.86. The minimum atomic E-state index is -3.62. The van der Waals surface area contributed by atoms with E-state index in [-0.39, 0.29) is 9.92 Å². The largest absolute Gasteiger partial charge is 0.313 e. The molecular weight excluding hydrogens is 331 g/mol. The molecule has 0 amide bonds. The lowest BCUT2D eigenvalue weighted by molar-refractivity contribution is 0.459. The lowest BCUT2D eigenvalue weighted by Crippen LogP contribution is -2.28. The van der Waals surface area contributed by atoms with Crippen molar-refractivity contribution < 1.29 is 8.42 Å². The molecule has 0 spiro atoms. The number of hydrogen-bond acceptors (Lipinski definition) is 3. The number of halogens is 2. The van der Waals surface area contributed by atoms with Crippen molar-refractivity contribution in [2.24, 2.45) is 0 Å². The van der Waals surface area contributed by atoms with Gasteiger partial charge in [-0.1, -0.05) is 43.5 Å². The third-order valence-corrected chi connectivity index (χ3v) is 5.82. The van der Waals surface area contributed by atoms with Gasteiger partial charge in [-0.2, -0.15) is 0 Å². The average Bonchev–Trinajstić information content (AvgIpc) is 2.44. The summed E-state index contributed by atoms with van der Waals surface area (Å²) in [5.41, 5.74) is 0.688. The molecule has 0 aliphatic rings. The Morgan fingerprint density at radius 1 is 1.24 bits per heavy atom. The number of nitrogens with zero attached hydrogens (tertiary/aromatic N) is 1. The molecular formula is C14H22Cl2N2O2S. The molecule has 120 valence electrons. The van der Waals surface area contributed by atoms with E-state index in [4.69, 9.17) is 23.2 Å². The van der Waals surface area contributed by atoms with Crippen LogP contribution < -0.4 is 5.32 Å². The fraction of sp³-hybridized carbons (Fsp3) is 0.571. The van der Waals surface area contributed by atoms with Crippen LogP contribution in [-0.2, 0) is 16.6 Å². The maximum Gasteiger partial charge on any atom is 0.244 e. The van der Waals surface area contributed by atoms with E-state index in [0.717, 1.165) is 19.4 Å². The summed E-state index contributed by atoms with van der Waals surface area (Å²) >= 11 is 12.3. The van der Waals surface area contributed by atoms with Crippen LogP contribution in [0.4, 0.5) is 0 Å². The van der Waals surface area contributed by atoms with Gasteiger partial charge in [0.05, 0.1) is 5.02 Å². The van der Waals surface area contributed by atoms with E-state index in [1.54, 1.807) is 13.1 Å². The van der Waals surface area contributed by atoms with Crippen molar-refractivity contribution in [3.8, 4) is 0 Å². The molecule has 0 unspecified atom stereocenters. The molecule has 0 aliphatic heterocycles. The third-order valence-electron chi connectivity index (χ3n) is 3.16. The smallest absolute Gasteiger partial charge is 0.244 e. The van der Waals surface area contributed by atoms with Crippen molar-refractivity contribution in [2.45, 2.75) is 38.1 Å². The van der Waals surface area contributed by atoms with E-state index in [9.17, 15) is 8.42 Å². The monoisotopic (exact) mass is 352 g/mol. The number of nitrogens with one attached hydrogen (secondary N) is 1. The molecule has 0 radical (unpaired) electrons. The molecule has 0 heterocycles. The fourth-order valence-corrected chi connectivity index (χ4v) is 3.98. The van der Waals surface area contributed by atoms with Crippen LogP contribution in [0.25, 0.3) is 0 Å². The summed E-state index contributed by atoms with van der Waals surface area (Å²) in [6.07, 6.45) is 1.73. The van der Waals surface area contributed by atoms with E-state index in [1.807, 2.05) is 13.8 Å². The van der Waals surface area contributed by atoms with Gasteiger partial charge in [-0.05, 0) is 30.7 Å². The van der Waals surface area contributed by atoms with Gasteiger partial charge >= 0.3 is 0 Å². The highest BCUT2D eigenvalue weighted by Crippen LogP contribution is 2.31. The van der Waals surface area contributed by atoms with Crippen molar-refractivity contribution in [3.63, 3.8) is 0 Å². The highest BCUT2D eigenvalue weighted by Gasteiger charge is 2.25. The first-order valence-corrected chi connectivity index (χ1v) is 9.19. The highest BCUT2D eigenvalue weighted by molar-refractivity contribution is 7.89. The number of unbranched alkanes of at least 4 members (excludes halogenated alkanes) is 1. The molecule has 0 bridgehead atoms. The van der Waals surface area contributed by atoms with Crippen molar-refractivity contribution >= 4 is 33.2 Å². The lowest BCUT2D eigenvalue weighted by atomic mass is 10.2. The molecule has 1 rings (SSSR count). The number of hydrogen-bond donors (Lipinski definition) is 1. The van der Waals surface area contributed by atoms with Gasteiger partial charge in [0.2, 0.25) is 10.0 Å². The van der Waals surface area contributed by atoms with E-state index >= 15 is 0 Å².